The van der Waals surface area contributed by atoms with Gasteiger partial charge in [-0.1, -0.05) is 29.3 Å². The number of nitriles is 1. The molecule has 32 heavy (non-hydrogen) atoms. The van der Waals surface area contributed by atoms with E-state index in [2.05, 4.69) is 37.2 Å². The summed E-state index contributed by atoms with van der Waals surface area (Å²) in [6, 6.07) is 15.7. The monoisotopic (exact) mass is 596 g/mol. The molecule has 0 radical (unpaired) electrons. The number of rotatable bonds is 6. The van der Waals surface area contributed by atoms with Crippen LogP contribution in [-0.2, 0) is 11.4 Å². The van der Waals surface area contributed by atoms with E-state index in [-0.39, 0.29) is 12.2 Å². The summed E-state index contributed by atoms with van der Waals surface area (Å²) in [5.41, 5.74) is 1.62. The number of nitrogens with one attached hydrogen (secondary N) is 1. The highest BCUT2D eigenvalue weighted by Gasteiger charge is 2.13. The Morgan fingerprint density at radius 2 is 1.75 bits per heavy atom. The van der Waals surface area contributed by atoms with Crippen molar-refractivity contribution in [2.75, 3.05) is 5.32 Å². The topological polar surface area (TPSA) is 62.1 Å². The summed E-state index contributed by atoms with van der Waals surface area (Å²) in [6.07, 6.45) is 1.44. The van der Waals surface area contributed by atoms with Crippen molar-refractivity contribution >= 4 is 72.7 Å². The van der Waals surface area contributed by atoms with Gasteiger partial charge in [0.05, 0.1) is 8.95 Å². The van der Waals surface area contributed by atoms with Gasteiger partial charge in [0.1, 0.15) is 29.8 Å². The fourth-order valence-corrected chi connectivity index (χ4v) is 4.55. The number of anilines is 1. The number of nitrogens with zero attached hydrogens (tertiary/aromatic N) is 1. The Balaban J connectivity index is 1.77. The number of hydrogen-bond donors (Lipinski definition) is 1. The second-order valence-corrected chi connectivity index (χ2v) is 9.02. The molecule has 0 aliphatic carbocycles. The zero-order valence-corrected chi connectivity index (χ0v) is 20.8. The molecule has 0 fully saturated rings. The summed E-state index contributed by atoms with van der Waals surface area (Å²) in [4.78, 5) is 12.4. The molecule has 162 valence electrons. The Morgan fingerprint density at radius 1 is 1.09 bits per heavy atom. The number of amides is 1. The lowest BCUT2D eigenvalue weighted by molar-refractivity contribution is -0.112. The van der Waals surface area contributed by atoms with Crippen molar-refractivity contribution in [3.05, 3.63) is 96.1 Å². The normalized spacial score (nSPS) is 11.1. The summed E-state index contributed by atoms with van der Waals surface area (Å²) in [5, 5.41) is 13.0. The first-order chi connectivity index (χ1) is 15.3. The molecule has 0 aliphatic rings. The van der Waals surface area contributed by atoms with Gasteiger partial charge in [-0.05, 0) is 92.0 Å². The van der Waals surface area contributed by atoms with Crippen LogP contribution >= 0.6 is 55.1 Å². The highest BCUT2D eigenvalue weighted by Crippen LogP contribution is 2.36. The molecule has 4 nitrogen and oxygen atoms in total. The fourth-order valence-electron chi connectivity index (χ4n) is 2.64. The second-order valence-electron chi connectivity index (χ2n) is 6.47. The van der Waals surface area contributed by atoms with Crippen LogP contribution in [0.5, 0.6) is 5.75 Å². The van der Waals surface area contributed by atoms with Crippen LogP contribution in [0.1, 0.15) is 11.1 Å². The minimum absolute atomic E-state index is 0.116. The molecule has 0 saturated heterocycles. The molecule has 1 N–H and O–H groups in total. The Labute approximate surface area is 210 Å². The van der Waals surface area contributed by atoms with Crippen molar-refractivity contribution in [1.82, 2.24) is 0 Å². The largest absolute Gasteiger partial charge is 0.486 e. The van der Waals surface area contributed by atoms with Gasteiger partial charge in [0.2, 0.25) is 0 Å². The molecule has 0 saturated carbocycles. The minimum Gasteiger partial charge on any atom is -0.486 e. The van der Waals surface area contributed by atoms with E-state index in [1.807, 2.05) is 6.07 Å². The van der Waals surface area contributed by atoms with Crippen molar-refractivity contribution in [3.8, 4) is 11.8 Å². The lowest BCUT2D eigenvalue weighted by Gasteiger charge is -2.12. The van der Waals surface area contributed by atoms with Gasteiger partial charge in [-0.15, -0.1) is 0 Å². The summed E-state index contributed by atoms with van der Waals surface area (Å²) < 4.78 is 20.1. The highest BCUT2D eigenvalue weighted by molar-refractivity contribution is 9.11. The number of benzene rings is 3. The van der Waals surface area contributed by atoms with Crippen LogP contribution in [0.3, 0.4) is 0 Å². The zero-order chi connectivity index (χ0) is 23.3. The predicted octanol–water partition coefficient (Wildman–Crippen LogP) is 7.78. The van der Waals surface area contributed by atoms with Crippen molar-refractivity contribution in [3.63, 3.8) is 0 Å². The van der Waals surface area contributed by atoms with Crippen molar-refractivity contribution in [1.29, 1.82) is 5.26 Å². The van der Waals surface area contributed by atoms with Crippen LogP contribution in [0, 0.1) is 17.1 Å². The molecule has 0 unspecified atom stereocenters. The number of ether oxygens (including phenoxy) is 1. The van der Waals surface area contributed by atoms with E-state index in [0.717, 1.165) is 5.56 Å². The van der Waals surface area contributed by atoms with E-state index in [1.165, 1.54) is 30.3 Å². The third kappa shape index (κ3) is 6.33. The molecule has 0 aromatic heterocycles. The molecule has 0 spiro atoms. The van der Waals surface area contributed by atoms with E-state index in [9.17, 15) is 14.4 Å². The zero-order valence-electron chi connectivity index (χ0n) is 16.1. The second kappa shape index (κ2) is 11.0. The molecular weight excluding hydrogens is 586 g/mol. The van der Waals surface area contributed by atoms with Crippen LogP contribution in [0.15, 0.2) is 69.1 Å². The van der Waals surface area contributed by atoms with Crippen LogP contribution < -0.4 is 10.1 Å². The van der Waals surface area contributed by atoms with Gasteiger partial charge >= 0.3 is 0 Å². The molecule has 0 bridgehead atoms. The maximum atomic E-state index is 13.0. The Morgan fingerprint density at radius 3 is 2.34 bits per heavy atom. The average Bonchev–Trinajstić information content (AvgIpc) is 2.74. The van der Waals surface area contributed by atoms with Gasteiger partial charge in [0, 0.05) is 21.3 Å². The Kier molecular flexibility index (Phi) is 8.32. The minimum atomic E-state index is -0.607. The van der Waals surface area contributed by atoms with Gasteiger partial charge in [0.15, 0.2) is 0 Å². The summed E-state index contributed by atoms with van der Waals surface area (Å²) in [6.45, 7) is 0.214. The first-order valence-corrected chi connectivity index (χ1v) is 11.4. The molecule has 1 amide bonds. The molecule has 9 heteroatoms. The quantitative estimate of drug-likeness (QED) is 0.233. The lowest BCUT2D eigenvalue weighted by Crippen LogP contribution is -2.13. The van der Waals surface area contributed by atoms with Crippen molar-refractivity contribution < 1.29 is 13.9 Å². The molecule has 0 heterocycles. The van der Waals surface area contributed by atoms with E-state index < -0.39 is 11.7 Å². The number of carbonyl (C=O) groups excluding carboxylic acids is 1. The van der Waals surface area contributed by atoms with Gasteiger partial charge < -0.3 is 10.1 Å². The SMILES string of the molecule is N#C/C(=C\c1cc(Br)c(OCc2ccc(Cl)cc2Cl)c(Br)c1)C(=O)Nc1ccc(F)cc1. The van der Waals surface area contributed by atoms with Gasteiger partial charge in [-0.3, -0.25) is 4.79 Å². The van der Waals surface area contributed by atoms with E-state index >= 15 is 0 Å². The first kappa shape index (κ1) is 24.3. The number of halogens is 5. The molecular formula is C23H13Br2Cl2FN2O2. The lowest BCUT2D eigenvalue weighted by atomic mass is 10.1. The molecule has 3 aromatic carbocycles. The summed E-state index contributed by atoms with van der Waals surface area (Å²) in [5.74, 6) is -0.499. The van der Waals surface area contributed by atoms with E-state index in [1.54, 1.807) is 30.3 Å². The van der Waals surface area contributed by atoms with Crippen LogP contribution in [0.4, 0.5) is 10.1 Å². The van der Waals surface area contributed by atoms with Crippen molar-refractivity contribution in [2.24, 2.45) is 0 Å². The van der Waals surface area contributed by atoms with Gasteiger partial charge in [-0.2, -0.15) is 5.26 Å². The Hall–Kier alpha value is -2.37. The van der Waals surface area contributed by atoms with E-state index in [4.69, 9.17) is 27.9 Å². The van der Waals surface area contributed by atoms with Crippen molar-refractivity contribution in [2.45, 2.75) is 6.61 Å². The number of carbonyl (C=O) groups is 1. The molecule has 3 aromatic rings. The molecule has 3 rings (SSSR count). The number of hydrogen-bond acceptors (Lipinski definition) is 3. The summed E-state index contributed by atoms with van der Waals surface area (Å²) >= 11 is 19.0. The van der Waals surface area contributed by atoms with Crippen LogP contribution in [0.2, 0.25) is 10.0 Å². The Bertz CT molecular complexity index is 1220. The molecule has 0 atom stereocenters. The average molecular weight is 599 g/mol. The summed E-state index contributed by atoms with van der Waals surface area (Å²) in [7, 11) is 0. The standard InChI is InChI=1S/C23H13Br2Cl2FN2O2/c24-19-8-13(7-15(11-29)23(31)30-18-5-3-17(28)4-6-18)9-20(25)22(19)32-12-14-1-2-16(26)10-21(14)27/h1-10H,12H2,(H,30,31)/b15-7+. The fraction of sp³-hybridized carbons (Fsp3) is 0.0435. The third-order valence-corrected chi connectivity index (χ3v) is 5.95. The maximum Gasteiger partial charge on any atom is 0.266 e. The van der Waals surface area contributed by atoms with Crippen LogP contribution in [-0.4, -0.2) is 5.91 Å². The smallest absolute Gasteiger partial charge is 0.266 e. The van der Waals surface area contributed by atoms with Crippen LogP contribution in [0.25, 0.3) is 6.08 Å². The first-order valence-electron chi connectivity index (χ1n) is 9.01. The molecule has 0 aliphatic heterocycles. The highest BCUT2D eigenvalue weighted by atomic mass is 79.9. The maximum absolute atomic E-state index is 13.0. The van der Waals surface area contributed by atoms with Gasteiger partial charge in [0.25, 0.3) is 5.91 Å². The van der Waals surface area contributed by atoms with Gasteiger partial charge in [-0.25, -0.2) is 4.39 Å². The third-order valence-electron chi connectivity index (χ3n) is 4.19. The van der Waals surface area contributed by atoms with E-state index in [0.29, 0.717) is 36.0 Å². The predicted molar refractivity (Wildman–Crippen MR) is 131 cm³/mol.